The van der Waals surface area contributed by atoms with Crippen LogP contribution < -0.4 is 15.4 Å². The largest absolute Gasteiger partial charge is 0.494 e. The summed E-state index contributed by atoms with van der Waals surface area (Å²) < 4.78 is 5.48. The van der Waals surface area contributed by atoms with E-state index in [1.165, 1.54) is 5.56 Å². The molecule has 0 radical (unpaired) electrons. The van der Waals surface area contributed by atoms with Crippen LogP contribution in [-0.2, 0) is 11.3 Å². The Labute approximate surface area is 158 Å². The van der Waals surface area contributed by atoms with Crippen molar-refractivity contribution >= 4 is 11.9 Å². The molecule has 6 heteroatoms. The molecule has 0 aliphatic carbocycles. The van der Waals surface area contributed by atoms with Gasteiger partial charge in [0.05, 0.1) is 18.6 Å². The summed E-state index contributed by atoms with van der Waals surface area (Å²) in [6.45, 7) is 13.0. The van der Waals surface area contributed by atoms with E-state index in [0.29, 0.717) is 19.7 Å². The summed E-state index contributed by atoms with van der Waals surface area (Å²) in [7, 11) is 2.00. The van der Waals surface area contributed by atoms with Gasteiger partial charge < -0.3 is 20.3 Å². The third kappa shape index (κ3) is 6.94. The first-order valence-corrected chi connectivity index (χ1v) is 9.33. The van der Waals surface area contributed by atoms with Crippen molar-refractivity contribution in [1.82, 2.24) is 15.5 Å². The molecule has 0 spiro atoms. The summed E-state index contributed by atoms with van der Waals surface area (Å²) in [5.41, 5.74) is 0.626. The first-order valence-electron chi connectivity index (χ1n) is 9.33. The fourth-order valence-electron chi connectivity index (χ4n) is 2.42. The molecule has 146 valence electrons. The Hall–Kier alpha value is -2.24. The highest BCUT2D eigenvalue weighted by Gasteiger charge is 2.27. The van der Waals surface area contributed by atoms with Crippen LogP contribution in [0.3, 0.4) is 0 Å². The lowest BCUT2D eigenvalue weighted by molar-refractivity contribution is -0.128. The van der Waals surface area contributed by atoms with Crippen molar-refractivity contribution in [2.24, 2.45) is 10.4 Å². The maximum absolute atomic E-state index is 12.2. The maximum Gasteiger partial charge on any atom is 0.227 e. The first-order chi connectivity index (χ1) is 12.3. The number of rotatable bonds is 9. The molecule has 1 aromatic carbocycles. The highest BCUT2D eigenvalue weighted by atomic mass is 16.5. The van der Waals surface area contributed by atoms with Crippen LogP contribution in [0.5, 0.6) is 5.75 Å². The Kier molecular flexibility index (Phi) is 8.96. The van der Waals surface area contributed by atoms with E-state index < -0.39 is 5.41 Å². The fourth-order valence-corrected chi connectivity index (χ4v) is 2.42. The molecule has 0 atom stereocenters. The number of carbonyl (C=O) groups excluding carboxylic acids is 1. The average molecular weight is 363 g/mol. The zero-order valence-electron chi connectivity index (χ0n) is 17.1. The van der Waals surface area contributed by atoms with E-state index in [1.807, 2.05) is 53.8 Å². The zero-order chi connectivity index (χ0) is 19.6. The Morgan fingerprint density at radius 1 is 1.12 bits per heavy atom. The summed E-state index contributed by atoms with van der Waals surface area (Å²) in [5.74, 6) is 1.69. The molecule has 1 rings (SSSR count). The Balaban J connectivity index is 2.79. The molecule has 0 aliphatic rings. The minimum absolute atomic E-state index is 0.0220. The van der Waals surface area contributed by atoms with Crippen molar-refractivity contribution in [2.75, 3.05) is 33.3 Å². The van der Waals surface area contributed by atoms with Crippen LogP contribution in [0.25, 0.3) is 0 Å². The quantitative estimate of drug-likeness (QED) is 0.524. The standard InChI is InChI=1S/C20H34N4O2/c1-7-21-18(25)20(4,5)15-23-19(22-8-2)24(6)14-16-10-12-17(13-11-16)26-9-3/h10-13H,7-9,14-15H2,1-6H3,(H,21,25)(H,22,23). The van der Waals surface area contributed by atoms with Gasteiger partial charge in [0.1, 0.15) is 5.75 Å². The lowest BCUT2D eigenvalue weighted by Gasteiger charge is -2.25. The fraction of sp³-hybridized carbons (Fsp3) is 0.600. The van der Waals surface area contributed by atoms with E-state index in [0.717, 1.165) is 24.8 Å². The van der Waals surface area contributed by atoms with E-state index in [1.54, 1.807) is 0 Å². The topological polar surface area (TPSA) is 66.0 Å². The molecule has 2 N–H and O–H groups in total. The van der Waals surface area contributed by atoms with Gasteiger partial charge in [-0.25, -0.2) is 0 Å². The third-order valence-corrected chi connectivity index (χ3v) is 3.93. The number of amides is 1. The normalized spacial score (nSPS) is 11.8. The van der Waals surface area contributed by atoms with E-state index in [9.17, 15) is 4.79 Å². The van der Waals surface area contributed by atoms with Crippen LogP contribution in [0.15, 0.2) is 29.3 Å². The summed E-state index contributed by atoms with van der Waals surface area (Å²) in [4.78, 5) is 18.9. The van der Waals surface area contributed by atoms with Crippen LogP contribution >= 0.6 is 0 Å². The Morgan fingerprint density at radius 2 is 1.73 bits per heavy atom. The van der Waals surface area contributed by atoms with Gasteiger partial charge in [0, 0.05) is 26.7 Å². The summed E-state index contributed by atoms with van der Waals surface area (Å²) in [5, 5.41) is 6.17. The van der Waals surface area contributed by atoms with Crippen LogP contribution in [0, 0.1) is 5.41 Å². The van der Waals surface area contributed by atoms with Crippen molar-refractivity contribution in [3.63, 3.8) is 0 Å². The number of hydrogen-bond donors (Lipinski definition) is 2. The van der Waals surface area contributed by atoms with Gasteiger partial charge in [-0.15, -0.1) is 0 Å². The summed E-state index contributed by atoms with van der Waals surface area (Å²) in [6.07, 6.45) is 0. The molecular formula is C20H34N4O2. The number of hydrogen-bond acceptors (Lipinski definition) is 3. The number of ether oxygens (including phenoxy) is 1. The molecule has 0 bridgehead atoms. The van der Waals surface area contributed by atoms with E-state index >= 15 is 0 Å². The molecule has 0 saturated heterocycles. The second-order valence-corrected chi connectivity index (χ2v) is 6.85. The highest BCUT2D eigenvalue weighted by Crippen LogP contribution is 2.16. The molecule has 0 saturated carbocycles. The Bertz CT molecular complexity index is 582. The van der Waals surface area contributed by atoms with Gasteiger partial charge in [0.2, 0.25) is 5.91 Å². The molecule has 6 nitrogen and oxygen atoms in total. The molecule has 0 unspecified atom stereocenters. The molecule has 0 fully saturated rings. The van der Waals surface area contributed by atoms with Crippen molar-refractivity contribution in [1.29, 1.82) is 0 Å². The van der Waals surface area contributed by atoms with E-state index in [2.05, 4.69) is 32.7 Å². The van der Waals surface area contributed by atoms with Gasteiger partial charge in [0.25, 0.3) is 0 Å². The molecule has 0 aromatic heterocycles. The van der Waals surface area contributed by atoms with Crippen LogP contribution in [0.1, 0.15) is 40.2 Å². The van der Waals surface area contributed by atoms with Crippen LogP contribution in [0.2, 0.25) is 0 Å². The molecule has 26 heavy (non-hydrogen) atoms. The predicted octanol–water partition coefficient (Wildman–Crippen LogP) is 2.64. The predicted molar refractivity (Wildman–Crippen MR) is 108 cm³/mol. The maximum atomic E-state index is 12.2. The second kappa shape index (κ2) is 10.7. The van der Waals surface area contributed by atoms with Crippen LogP contribution in [-0.4, -0.2) is 50.1 Å². The first kappa shape index (κ1) is 21.8. The van der Waals surface area contributed by atoms with Gasteiger partial charge in [-0.05, 0) is 52.3 Å². The van der Waals surface area contributed by atoms with Crippen molar-refractivity contribution < 1.29 is 9.53 Å². The number of guanidine groups is 1. The van der Waals surface area contributed by atoms with Crippen molar-refractivity contribution in [2.45, 2.75) is 41.2 Å². The number of nitrogens with one attached hydrogen (secondary N) is 2. The average Bonchev–Trinajstić information content (AvgIpc) is 2.60. The SMILES string of the molecule is CCNC(=O)C(C)(C)CN=C(NCC)N(C)Cc1ccc(OCC)cc1. The minimum Gasteiger partial charge on any atom is -0.494 e. The lowest BCUT2D eigenvalue weighted by Crippen LogP contribution is -2.42. The highest BCUT2D eigenvalue weighted by molar-refractivity contribution is 5.83. The smallest absolute Gasteiger partial charge is 0.227 e. The van der Waals surface area contributed by atoms with Crippen molar-refractivity contribution in [3.05, 3.63) is 29.8 Å². The summed E-state index contributed by atoms with van der Waals surface area (Å²) in [6, 6.07) is 8.08. The number of aliphatic imine (C=N–C) groups is 1. The molecule has 0 heterocycles. The third-order valence-electron chi connectivity index (χ3n) is 3.93. The van der Waals surface area contributed by atoms with E-state index in [4.69, 9.17) is 4.74 Å². The van der Waals surface area contributed by atoms with Gasteiger partial charge in [-0.2, -0.15) is 0 Å². The molecular weight excluding hydrogens is 328 g/mol. The van der Waals surface area contributed by atoms with E-state index in [-0.39, 0.29) is 5.91 Å². The molecule has 1 amide bonds. The molecule has 0 aliphatic heterocycles. The van der Waals surface area contributed by atoms with Crippen molar-refractivity contribution in [3.8, 4) is 5.75 Å². The number of benzene rings is 1. The van der Waals surface area contributed by atoms with Gasteiger partial charge in [-0.3, -0.25) is 9.79 Å². The van der Waals surface area contributed by atoms with Crippen LogP contribution in [0.4, 0.5) is 0 Å². The van der Waals surface area contributed by atoms with Gasteiger partial charge in [-0.1, -0.05) is 12.1 Å². The molecule has 1 aromatic rings. The number of carbonyl (C=O) groups is 1. The van der Waals surface area contributed by atoms with Gasteiger partial charge in [0.15, 0.2) is 5.96 Å². The second-order valence-electron chi connectivity index (χ2n) is 6.85. The zero-order valence-corrected chi connectivity index (χ0v) is 17.1. The number of nitrogens with zero attached hydrogens (tertiary/aromatic N) is 2. The van der Waals surface area contributed by atoms with Gasteiger partial charge >= 0.3 is 0 Å². The lowest BCUT2D eigenvalue weighted by atomic mass is 9.92. The Morgan fingerprint density at radius 3 is 2.27 bits per heavy atom. The minimum atomic E-state index is -0.545. The monoisotopic (exact) mass is 362 g/mol. The summed E-state index contributed by atoms with van der Waals surface area (Å²) >= 11 is 0.